The number of carbonyl (C=O) groups is 1. The number of nitrogens with zero attached hydrogens (tertiary/aromatic N) is 2. The van der Waals surface area contributed by atoms with Crippen molar-refractivity contribution in [2.24, 2.45) is 0 Å². The summed E-state index contributed by atoms with van der Waals surface area (Å²) in [6.45, 7) is 4.62. The van der Waals surface area contributed by atoms with Crippen molar-refractivity contribution in [3.05, 3.63) is 29.8 Å². The Balaban J connectivity index is 1.77. The second-order valence-corrected chi connectivity index (χ2v) is 6.36. The van der Waals surface area contributed by atoms with Gasteiger partial charge in [0.15, 0.2) is 0 Å². The van der Waals surface area contributed by atoms with Crippen molar-refractivity contribution in [2.75, 3.05) is 26.7 Å². The highest BCUT2D eigenvalue weighted by Gasteiger charge is 2.38. The van der Waals surface area contributed by atoms with Gasteiger partial charge >= 0.3 is 0 Å². The molecule has 2 saturated heterocycles. The lowest BCUT2D eigenvalue weighted by atomic mass is 10.0. The van der Waals surface area contributed by atoms with Crippen LogP contribution in [-0.4, -0.2) is 54.5 Å². The maximum absolute atomic E-state index is 12.9. The Bertz CT molecular complexity index is 532. The lowest BCUT2D eigenvalue weighted by Gasteiger charge is -2.33. The number of likely N-dealkylation sites (N-methyl/N-ethyl adjacent to an activating group) is 1. The summed E-state index contributed by atoms with van der Waals surface area (Å²) in [5.74, 6) is 0.937. The fourth-order valence-corrected chi connectivity index (χ4v) is 3.92. The Labute approximate surface area is 133 Å². The molecule has 4 nitrogen and oxygen atoms in total. The highest BCUT2D eigenvalue weighted by Crippen LogP contribution is 2.30. The standard InChI is InChI=1S/C18H26N2O2/c1-3-22-15-8-4-7-14(13-15)18(21)20-12-6-10-17(20)16-9-5-11-19(16)2/h4,7-8,13,16-17H,3,5-6,9-12H2,1-2H3/t16-,17-/m1/s1. The molecule has 120 valence electrons. The molecule has 0 bridgehead atoms. The summed E-state index contributed by atoms with van der Waals surface area (Å²) in [7, 11) is 2.19. The smallest absolute Gasteiger partial charge is 0.254 e. The monoisotopic (exact) mass is 302 g/mol. The third-order valence-corrected chi connectivity index (χ3v) is 4.97. The SMILES string of the molecule is CCOc1cccc(C(=O)N2CCC[C@@H]2[C@H]2CCCN2C)c1. The van der Waals surface area contributed by atoms with Crippen molar-refractivity contribution in [3.63, 3.8) is 0 Å². The Morgan fingerprint density at radius 3 is 2.73 bits per heavy atom. The van der Waals surface area contributed by atoms with Crippen LogP contribution < -0.4 is 4.74 Å². The molecule has 0 radical (unpaired) electrons. The third kappa shape index (κ3) is 2.98. The number of amides is 1. The molecule has 2 fully saturated rings. The fraction of sp³-hybridized carbons (Fsp3) is 0.611. The van der Waals surface area contributed by atoms with Crippen LogP contribution in [-0.2, 0) is 0 Å². The van der Waals surface area contributed by atoms with E-state index in [9.17, 15) is 4.79 Å². The van der Waals surface area contributed by atoms with Crippen molar-refractivity contribution >= 4 is 5.91 Å². The van der Waals surface area contributed by atoms with E-state index in [1.54, 1.807) is 0 Å². The van der Waals surface area contributed by atoms with Gasteiger partial charge < -0.3 is 14.5 Å². The molecule has 0 N–H and O–H groups in total. The summed E-state index contributed by atoms with van der Waals surface area (Å²) in [4.78, 5) is 17.4. The number of ether oxygens (including phenoxy) is 1. The van der Waals surface area contributed by atoms with Crippen molar-refractivity contribution in [1.29, 1.82) is 0 Å². The van der Waals surface area contributed by atoms with Crippen molar-refractivity contribution in [1.82, 2.24) is 9.80 Å². The van der Waals surface area contributed by atoms with Crippen molar-refractivity contribution < 1.29 is 9.53 Å². The summed E-state index contributed by atoms with van der Waals surface area (Å²) in [5, 5.41) is 0. The lowest BCUT2D eigenvalue weighted by Crippen LogP contribution is -2.47. The van der Waals surface area contributed by atoms with Crippen molar-refractivity contribution in [2.45, 2.75) is 44.7 Å². The van der Waals surface area contributed by atoms with E-state index in [4.69, 9.17) is 4.74 Å². The Kier molecular flexibility index (Phi) is 4.67. The van der Waals surface area contributed by atoms with Crippen LogP contribution >= 0.6 is 0 Å². The van der Waals surface area contributed by atoms with Gasteiger partial charge in [-0.1, -0.05) is 6.07 Å². The minimum atomic E-state index is 0.157. The van der Waals surface area contributed by atoms with E-state index >= 15 is 0 Å². The largest absolute Gasteiger partial charge is 0.494 e. The van der Waals surface area contributed by atoms with E-state index in [0.29, 0.717) is 18.7 Å². The molecule has 2 aliphatic heterocycles. The van der Waals surface area contributed by atoms with Gasteiger partial charge in [-0.2, -0.15) is 0 Å². The molecule has 2 atom stereocenters. The molecule has 1 aromatic carbocycles. The summed E-state index contributed by atoms with van der Waals surface area (Å²) >= 11 is 0. The Morgan fingerprint density at radius 2 is 2.00 bits per heavy atom. The maximum Gasteiger partial charge on any atom is 0.254 e. The van der Waals surface area contributed by atoms with Crippen LogP contribution in [0.25, 0.3) is 0 Å². The van der Waals surface area contributed by atoms with E-state index < -0.39 is 0 Å². The van der Waals surface area contributed by atoms with Crippen molar-refractivity contribution in [3.8, 4) is 5.75 Å². The first-order chi connectivity index (χ1) is 10.7. The minimum Gasteiger partial charge on any atom is -0.494 e. The second kappa shape index (κ2) is 6.69. The topological polar surface area (TPSA) is 32.8 Å². The summed E-state index contributed by atoms with van der Waals surface area (Å²) < 4.78 is 5.52. The van der Waals surface area contributed by atoms with Crippen LogP contribution in [0.5, 0.6) is 5.75 Å². The molecule has 0 aromatic heterocycles. The van der Waals surface area contributed by atoms with Gasteiger partial charge in [-0.25, -0.2) is 0 Å². The zero-order valence-electron chi connectivity index (χ0n) is 13.6. The van der Waals surface area contributed by atoms with Crippen LogP contribution in [0.3, 0.4) is 0 Å². The molecule has 3 rings (SSSR count). The van der Waals surface area contributed by atoms with Crippen LogP contribution in [0.4, 0.5) is 0 Å². The van der Waals surface area contributed by atoms with E-state index in [1.807, 2.05) is 31.2 Å². The number of hydrogen-bond acceptors (Lipinski definition) is 3. The Hall–Kier alpha value is -1.55. The zero-order valence-corrected chi connectivity index (χ0v) is 13.6. The molecule has 2 heterocycles. The number of rotatable bonds is 4. The van der Waals surface area contributed by atoms with Gasteiger partial charge in [0.05, 0.1) is 6.61 Å². The first-order valence-electron chi connectivity index (χ1n) is 8.44. The molecule has 0 spiro atoms. The van der Waals surface area contributed by atoms with E-state index in [1.165, 1.54) is 12.8 Å². The van der Waals surface area contributed by atoms with E-state index in [-0.39, 0.29) is 5.91 Å². The molecule has 22 heavy (non-hydrogen) atoms. The van der Waals surface area contributed by atoms with Gasteiger partial charge in [0, 0.05) is 24.2 Å². The molecule has 4 heteroatoms. The Morgan fingerprint density at radius 1 is 1.23 bits per heavy atom. The highest BCUT2D eigenvalue weighted by atomic mass is 16.5. The predicted molar refractivity (Wildman–Crippen MR) is 87.3 cm³/mol. The first kappa shape index (κ1) is 15.3. The summed E-state index contributed by atoms with van der Waals surface area (Å²) in [6, 6.07) is 8.49. The van der Waals surface area contributed by atoms with Crippen LogP contribution in [0, 0.1) is 0 Å². The van der Waals surface area contributed by atoms with Gasteiger partial charge in [-0.15, -0.1) is 0 Å². The zero-order chi connectivity index (χ0) is 15.5. The number of carbonyl (C=O) groups excluding carboxylic acids is 1. The molecule has 0 unspecified atom stereocenters. The number of likely N-dealkylation sites (tertiary alicyclic amines) is 2. The number of hydrogen-bond donors (Lipinski definition) is 0. The van der Waals surface area contributed by atoms with Crippen LogP contribution in [0.15, 0.2) is 24.3 Å². The fourth-order valence-electron chi connectivity index (χ4n) is 3.92. The quantitative estimate of drug-likeness (QED) is 0.857. The van der Waals surface area contributed by atoms with Gasteiger partial charge in [0.1, 0.15) is 5.75 Å². The molecule has 1 aromatic rings. The van der Waals surface area contributed by atoms with Crippen LogP contribution in [0.1, 0.15) is 43.0 Å². The predicted octanol–water partition coefficient (Wildman–Crippen LogP) is 2.78. The molecule has 0 aliphatic carbocycles. The lowest BCUT2D eigenvalue weighted by molar-refractivity contribution is 0.0664. The molecular weight excluding hydrogens is 276 g/mol. The number of benzene rings is 1. The average Bonchev–Trinajstić information content (AvgIpc) is 3.15. The second-order valence-electron chi connectivity index (χ2n) is 6.36. The molecule has 2 aliphatic rings. The van der Waals surface area contributed by atoms with Crippen LogP contribution in [0.2, 0.25) is 0 Å². The van der Waals surface area contributed by atoms with Gasteiger partial charge in [-0.3, -0.25) is 4.79 Å². The summed E-state index contributed by atoms with van der Waals surface area (Å²) in [5.41, 5.74) is 0.749. The third-order valence-electron chi connectivity index (χ3n) is 4.97. The molecule has 1 amide bonds. The minimum absolute atomic E-state index is 0.157. The van der Waals surface area contributed by atoms with Gasteiger partial charge in [0.2, 0.25) is 0 Å². The molecular formula is C18H26N2O2. The molecule has 0 saturated carbocycles. The maximum atomic E-state index is 12.9. The van der Waals surface area contributed by atoms with Gasteiger partial charge in [-0.05, 0) is 64.4 Å². The van der Waals surface area contributed by atoms with E-state index in [2.05, 4.69) is 16.8 Å². The van der Waals surface area contributed by atoms with E-state index in [0.717, 1.165) is 37.2 Å². The highest BCUT2D eigenvalue weighted by molar-refractivity contribution is 5.95. The average molecular weight is 302 g/mol. The first-order valence-corrected chi connectivity index (χ1v) is 8.44. The normalized spacial score (nSPS) is 25.6. The van der Waals surface area contributed by atoms with Gasteiger partial charge in [0.25, 0.3) is 5.91 Å². The summed E-state index contributed by atoms with van der Waals surface area (Å²) in [6.07, 6.45) is 4.71.